The number of thiophene rings is 1. The van der Waals surface area contributed by atoms with Gasteiger partial charge in [-0.2, -0.15) is 15.6 Å². The molecule has 0 spiro atoms. The first-order chi connectivity index (χ1) is 14.7. The highest BCUT2D eigenvalue weighted by Crippen LogP contribution is 2.27. The van der Waals surface area contributed by atoms with Crippen LogP contribution in [0.1, 0.15) is 36.8 Å². The Labute approximate surface area is 191 Å². The number of aromatic nitrogens is 1. The van der Waals surface area contributed by atoms with Crippen molar-refractivity contribution in [1.82, 2.24) is 14.2 Å². The average molecular weight is 476 g/mol. The summed E-state index contributed by atoms with van der Waals surface area (Å²) in [5, 5.41) is 6.58. The van der Waals surface area contributed by atoms with Crippen LogP contribution in [0.15, 0.2) is 51.4 Å². The van der Waals surface area contributed by atoms with Crippen LogP contribution in [0.2, 0.25) is 0 Å². The first-order valence-corrected chi connectivity index (χ1v) is 13.3. The smallest absolute Gasteiger partial charge is 0.273 e. The van der Waals surface area contributed by atoms with Crippen molar-refractivity contribution < 1.29 is 13.2 Å². The number of benzene rings is 1. The molecule has 1 saturated heterocycles. The molecule has 1 amide bonds. The van der Waals surface area contributed by atoms with Gasteiger partial charge in [0.25, 0.3) is 5.91 Å². The number of hydrogen-bond donors (Lipinski definition) is 0. The Bertz CT molecular complexity index is 1150. The van der Waals surface area contributed by atoms with Crippen molar-refractivity contribution in [3.8, 4) is 10.6 Å². The van der Waals surface area contributed by atoms with E-state index in [-0.39, 0.29) is 24.4 Å². The van der Waals surface area contributed by atoms with Crippen molar-refractivity contribution in [2.45, 2.75) is 31.1 Å². The fourth-order valence-electron chi connectivity index (χ4n) is 3.46. The zero-order valence-corrected chi connectivity index (χ0v) is 20.2. The number of nitrogens with zero attached hydrogens (tertiary/aromatic N) is 3. The van der Waals surface area contributed by atoms with Gasteiger partial charge in [-0.15, -0.1) is 11.3 Å². The zero-order valence-electron chi connectivity index (χ0n) is 17.7. The highest BCUT2D eigenvalue weighted by molar-refractivity contribution is 7.89. The molecule has 31 heavy (non-hydrogen) atoms. The van der Waals surface area contributed by atoms with Crippen LogP contribution in [0.5, 0.6) is 0 Å². The molecular formula is C22H25N3O3S3. The van der Waals surface area contributed by atoms with Gasteiger partial charge < -0.3 is 4.90 Å². The Morgan fingerprint density at radius 1 is 1.00 bits per heavy atom. The molecule has 1 aliphatic rings. The number of carbonyl (C=O) groups is 1. The molecule has 1 aromatic carbocycles. The van der Waals surface area contributed by atoms with Crippen LogP contribution in [-0.2, 0) is 15.4 Å². The van der Waals surface area contributed by atoms with Gasteiger partial charge in [-0.25, -0.2) is 13.4 Å². The molecule has 1 fully saturated rings. The number of rotatable bonds is 4. The van der Waals surface area contributed by atoms with Crippen molar-refractivity contribution >= 4 is 38.6 Å². The molecule has 0 unspecified atom stereocenters. The van der Waals surface area contributed by atoms with Crippen molar-refractivity contribution in [1.29, 1.82) is 0 Å². The lowest BCUT2D eigenvalue weighted by Gasteiger charge is -2.33. The number of amides is 1. The third kappa shape index (κ3) is 4.59. The molecule has 4 rings (SSSR count). The van der Waals surface area contributed by atoms with Gasteiger partial charge in [0, 0.05) is 42.5 Å². The summed E-state index contributed by atoms with van der Waals surface area (Å²) in [7, 11) is -3.58. The molecule has 2 aromatic heterocycles. The van der Waals surface area contributed by atoms with E-state index in [1.54, 1.807) is 33.7 Å². The Morgan fingerprint density at radius 3 is 2.26 bits per heavy atom. The molecule has 164 valence electrons. The summed E-state index contributed by atoms with van der Waals surface area (Å²) in [5.74, 6) is -0.149. The summed E-state index contributed by atoms with van der Waals surface area (Å²) in [6, 6.07) is 9.08. The Morgan fingerprint density at radius 2 is 1.68 bits per heavy atom. The van der Waals surface area contributed by atoms with E-state index in [4.69, 9.17) is 0 Å². The fourth-order valence-corrected chi connectivity index (χ4v) is 6.39. The van der Waals surface area contributed by atoms with Crippen LogP contribution in [-0.4, -0.2) is 54.7 Å². The zero-order chi connectivity index (χ0) is 22.2. The molecule has 0 aliphatic carbocycles. The van der Waals surface area contributed by atoms with Crippen LogP contribution in [0.3, 0.4) is 0 Å². The Balaban J connectivity index is 1.41. The number of piperazine rings is 1. The van der Waals surface area contributed by atoms with Gasteiger partial charge in [0.2, 0.25) is 10.0 Å². The predicted molar refractivity (Wildman–Crippen MR) is 125 cm³/mol. The van der Waals surface area contributed by atoms with Crippen LogP contribution in [0.25, 0.3) is 10.6 Å². The van der Waals surface area contributed by atoms with E-state index in [0.717, 1.165) is 16.1 Å². The Kier molecular flexibility index (Phi) is 6.04. The van der Waals surface area contributed by atoms with E-state index in [9.17, 15) is 13.2 Å². The van der Waals surface area contributed by atoms with E-state index in [2.05, 4.69) is 25.8 Å². The van der Waals surface area contributed by atoms with Crippen molar-refractivity contribution in [3.05, 3.63) is 57.7 Å². The normalized spacial score (nSPS) is 15.9. The summed E-state index contributed by atoms with van der Waals surface area (Å²) in [6.45, 7) is 7.54. The lowest BCUT2D eigenvalue weighted by molar-refractivity contribution is 0.0693. The monoisotopic (exact) mass is 475 g/mol. The van der Waals surface area contributed by atoms with E-state index in [0.29, 0.717) is 23.7 Å². The number of carbonyl (C=O) groups excluding carboxylic acids is 1. The molecule has 6 nitrogen and oxygen atoms in total. The van der Waals surface area contributed by atoms with Crippen molar-refractivity contribution in [2.75, 3.05) is 26.2 Å². The second kappa shape index (κ2) is 8.46. The molecule has 1 aliphatic heterocycles. The molecule has 3 aromatic rings. The number of sulfonamides is 1. The van der Waals surface area contributed by atoms with Crippen molar-refractivity contribution in [2.24, 2.45) is 0 Å². The second-order valence-corrected chi connectivity index (χ2v) is 12.1. The SMILES string of the molecule is CC(C)(C)c1ccc(S(=O)(=O)N2CCN(C(=O)c3csc(-c4ccsc4)n3)CC2)cc1. The fraction of sp³-hybridized carbons (Fsp3) is 0.364. The summed E-state index contributed by atoms with van der Waals surface area (Å²) in [5.41, 5.74) is 2.49. The minimum absolute atomic E-state index is 0.0345. The molecular weight excluding hydrogens is 450 g/mol. The summed E-state index contributed by atoms with van der Waals surface area (Å²) in [6.07, 6.45) is 0. The Hall–Kier alpha value is -2.07. The third-order valence-electron chi connectivity index (χ3n) is 5.38. The largest absolute Gasteiger partial charge is 0.335 e. The first-order valence-electron chi connectivity index (χ1n) is 10.0. The number of thiazole rings is 1. The van der Waals surface area contributed by atoms with E-state index >= 15 is 0 Å². The van der Waals surface area contributed by atoms with Gasteiger partial charge in [0.1, 0.15) is 10.7 Å². The highest BCUT2D eigenvalue weighted by Gasteiger charge is 2.31. The molecule has 0 saturated carbocycles. The maximum absolute atomic E-state index is 13.0. The molecule has 0 radical (unpaired) electrons. The van der Waals surface area contributed by atoms with Gasteiger partial charge in [-0.3, -0.25) is 4.79 Å². The van der Waals surface area contributed by atoms with E-state index < -0.39 is 10.0 Å². The molecule has 9 heteroatoms. The summed E-state index contributed by atoms with van der Waals surface area (Å²) in [4.78, 5) is 19.3. The van der Waals surface area contributed by atoms with Crippen LogP contribution in [0.4, 0.5) is 0 Å². The maximum atomic E-state index is 13.0. The van der Waals surface area contributed by atoms with Gasteiger partial charge in [0.15, 0.2) is 0 Å². The lowest BCUT2D eigenvalue weighted by Crippen LogP contribution is -2.50. The van der Waals surface area contributed by atoms with E-state index in [1.807, 2.05) is 29.0 Å². The summed E-state index contributed by atoms with van der Waals surface area (Å²) >= 11 is 3.04. The minimum atomic E-state index is -3.58. The van der Waals surface area contributed by atoms with Gasteiger partial charge in [-0.05, 0) is 34.6 Å². The van der Waals surface area contributed by atoms with Gasteiger partial charge >= 0.3 is 0 Å². The predicted octanol–water partition coefficient (Wildman–Crippen LogP) is 4.32. The van der Waals surface area contributed by atoms with Crippen LogP contribution >= 0.6 is 22.7 Å². The molecule has 3 heterocycles. The average Bonchev–Trinajstić information content (AvgIpc) is 3.45. The quantitative estimate of drug-likeness (QED) is 0.564. The highest BCUT2D eigenvalue weighted by atomic mass is 32.2. The first kappa shape index (κ1) is 22.1. The van der Waals surface area contributed by atoms with Crippen molar-refractivity contribution in [3.63, 3.8) is 0 Å². The number of hydrogen-bond acceptors (Lipinski definition) is 6. The lowest BCUT2D eigenvalue weighted by atomic mass is 9.87. The van der Waals surface area contributed by atoms with Gasteiger partial charge in [-0.1, -0.05) is 32.9 Å². The van der Waals surface area contributed by atoms with E-state index in [1.165, 1.54) is 15.6 Å². The molecule has 0 atom stereocenters. The van der Waals surface area contributed by atoms with Crippen LogP contribution < -0.4 is 0 Å². The maximum Gasteiger partial charge on any atom is 0.273 e. The molecule has 0 N–H and O–H groups in total. The topological polar surface area (TPSA) is 70.6 Å². The minimum Gasteiger partial charge on any atom is -0.335 e. The van der Waals surface area contributed by atoms with Gasteiger partial charge in [0.05, 0.1) is 4.90 Å². The van der Waals surface area contributed by atoms with Crippen LogP contribution in [0, 0.1) is 0 Å². The standard InChI is InChI=1S/C22H25N3O3S3/c1-22(2,3)17-4-6-18(7-5-17)31(27,28)25-11-9-24(10-12-25)21(26)19-15-30-20(23-19)16-8-13-29-14-16/h4-8,13-15H,9-12H2,1-3H3. The second-order valence-electron chi connectivity index (χ2n) is 8.52. The summed E-state index contributed by atoms with van der Waals surface area (Å²) < 4.78 is 27.5. The molecule has 0 bridgehead atoms. The third-order valence-corrected chi connectivity index (χ3v) is 8.86.